The Balaban J connectivity index is 2.12. The summed E-state index contributed by atoms with van der Waals surface area (Å²) in [5, 5.41) is 0. The molecular weight excluding hydrogens is 240 g/mol. The topological polar surface area (TPSA) is 56.5 Å². The highest BCUT2D eigenvalue weighted by atomic mass is 16.5. The van der Waals surface area contributed by atoms with Crippen LogP contribution in [0.3, 0.4) is 0 Å². The van der Waals surface area contributed by atoms with Gasteiger partial charge in [0.2, 0.25) is 0 Å². The Hall–Kier alpha value is -0.160. The van der Waals surface area contributed by atoms with Gasteiger partial charge in [0.1, 0.15) is 0 Å². The van der Waals surface area contributed by atoms with Crippen LogP contribution in [0.15, 0.2) is 0 Å². The first-order valence-electron chi connectivity index (χ1n) is 7.71. The smallest absolute Gasteiger partial charge is 0.0852 e. The highest BCUT2D eigenvalue weighted by Gasteiger charge is 2.47. The molecule has 1 aliphatic heterocycles. The van der Waals surface area contributed by atoms with E-state index >= 15 is 0 Å². The molecule has 0 aromatic rings. The summed E-state index contributed by atoms with van der Waals surface area (Å²) in [5.41, 5.74) is 3.40. The Bertz CT molecular complexity index is 278. The second kappa shape index (κ2) is 6.08. The summed E-state index contributed by atoms with van der Waals surface area (Å²) in [6.45, 7) is 9.22. The second-order valence-corrected chi connectivity index (χ2v) is 6.93. The number of hydrogen-bond acceptors (Lipinski definition) is 4. The average molecular weight is 270 g/mol. The van der Waals surface area contributed by atoms with Gasteiger partial charge in [-0.05, 0) is 44.4 Å². The zero-order valence-electron chi connectivity index (χ0n) is 12.7. The van der Waals surface area contributed by atoms with Crippen molar-refractivity contribution in [3.05, 3.63) is 0 Å². The van der Waals surface area contributed by atoms with Crippen molar-refractivity contribution in [2.24, 2.45) is 17.2 Å². The third-order valence-electron chi connectivity index (χ3n) is 5.06. The Kier molecular flexibility index (Phi) is 4.88. The molecule has 0 aromatic carbocycles. The fourth-order valence-corrected chi connectivity index (χ4v) is 3.72. The first-order valence-corrected chi connectivity index (χ1v) is 7.71. The van der Waals surface area contributed by atoms with Crippen LogP contribution in [-0.4, -0.2) is 31.5 Å². The maximum absolute atomic E-state index is 6.23. The van der Waals surface area contributed by atoms with Crippen LogP contribution in [-0.2, 0) is 9.47 Å². The Morgan fingerprint density at radius 3 is 2.47 bits per heavy atom. The van der Waals surface area contributed by atoms with Gasteiger partial charge in [-0.15, -0.1) is 0 Å². The molecule has 2 rings (SSSR count). The van der Waals surface area contributed by atoms with E-state index in [0.29, 0.717) is 11.3 Å². The SMILES string of the molecule is CCOC1(C(NN)C2CCOC2)CCC(C)(C)CC1. The van der Waals surface area contributed by atoms with Gasteiger partial charge in [-0.1, -0.05) is 13.8 Å². The lowest BCUT2D eigenvalue weighted by Gasteiger charge is -2.48. The third kappa shape index (κ3) is 3.30. The van der Waals surface area contributed by atoms with Gasteiger partial charge < -0.3 is 9.47 Å². The Labute approximate surface area is 117 Å². The van der Waals surface area contributed by atoms with Crippen molar-refractivity contribution in [2.45, 2.75) is 64.5 Å². The molecule has 0 spiro atoms. The number of nitrogens with one attached hydrogen (secondary N) is 1. The minimum absolute atomic E-state index is 0.0998. The summed E-state index contributed by atoms with van der Waals surface area (Å²) in [4.78, 5) is 0. The van der Waals surface area contributed by atoms with Gasteiger partial charge in [0.25, 0.3) is 0 Å². The van der Waals surface area contributed by atoms with Crippen LogP contribution < -0.4 is 11.3 Å². The highest BCUT2D eigenvalue weighted by molar-refractivity contribution is 5.01. The lowest BCUT2D eigenvalue weighted by atomic mass is 9.66. The van der Waals surface area contributed by atoms with E-state index in [4.69, 9.17) is 15.3 Å². The predicted molar refractivity (Wildman–Crippen MR) is 76.6 cm³/mol. The molecule has 0 aromatic heterocycles. The van der Waals surface area contributed by atoms with E-state index in [1.54, 1.807) is 0 Å². The summed E-state index contributed by atoms with van der Waals surface area (Å²) in [6, 6.07) is 0.214. The molecule has 4 heteroatoms. The van der Waals surface area contributed by atoms with E-state index in [1.807, 2.05) is 0 Å². The quantitative estimate of drug-likeness (QED) is 0.594. The van der Waals surface area contributed by atoms with Gasteiger partial charge in [0.15, 0.2) is 0 Å². The molecule has 4 nitrogen and oxygen atoms in total. The molecule has 2 atom stereocenters. The van der Waals surface area contributed by atoms with Gasteiger partial charge in [-0.2, -0.15) is 0 Å². The van der Waals surface area contributed by atoms with Gasteiger partial charge in [0, 0.05) is 19.1 Å². The van der Waals surface area contributed by atoms with Gasteiger partial charge in [0.05, 0.1) is 18.2 Å². The highest BCUT2D eigenvalue weighted by Crippen LogP contribution is 2.45. The van der Waals surface area contributed by atoms with Crippen LogP contribution in [0.5, 0.6) is 0 Å². The van der Waals surface area contributed by atoms with E-state index in [9.17, 15) is 0 Å². The largest absolute Gasteiger partial charge is 0.381 e. The van der Waals surface area contributed by atoms with Crippen LogP contribution in [0.1, 0.15) is 52.9 Å². The molecule has 2 unspecified atom stereocenters. The van der Waals surface area contributed by atoms with Crippen molar-refractivity contribution >= 4 is 0 Å². The monoisotopic (exact) mass is 270 g/mol. The molecule has 1 saturated carbocycles. The minimum atomic E-state index is -0.0998. The summed E-state index contributed by atoms with van der Waals surface area (Å²) >= 11 is 0. The number of rotatable bonds is 5. The van der Waals surface area contributed by atoms with Crippen LogP contribution in [0.4, 0.5) is 0 Å². The van der Waals surface area contributed by atoms with E-state index in [0.717, 1.165) is 39.1 Å². The fourth-order valence-electron chi connectivity index (χ4n) is 3.72. The van der Waals surface area contributed by atoms with Crippen LogP contribution in [0.2, 0.25) is 0 Å². The van der Waals surface area contributed by atoms with E-state index in [2.05, 4.69) is 26.2 Å². The van der Waals surface area contributed by atoms with Crippen molar-refractivity contribution in [2.75, 3.05) is 19.8 Å². The molecule has 1 heterocycles. The Morgan fingerprint density at radius 1 is 1.32 bits per heavy atom. The molecule has 3 N–H and O–H groups in total. The molecule has 0 radical (unpaired) electrons. The maximum Gasteiger partial charge on any atom is 0.0852 e. The lowest BCUT2D eigenvalue weighted by molar-refractivity contribution is -0.118. The van der Waals surface area contributed by atoms with Crippen LogP contribution >= 0.6 is 0 Å². The normalized spacial score (nSPS) is 31.3. The predicted octanol–water partition coefficient (Wildman–Crippen LogP) is 2.23. The number of hydrazine groups is 1. The first-order chi connectivity index (χ1) is 9.03. The van der Waals surface area contributed by atoms with Crippen molar-refractivity contribution in [3.8, 4) is 0 Å². The molecular formula is C15H30N2O2. The van der Waals surface area contributed by atoms with Crippen molar-refractivity contribution in [1.29, 1.82) is 0 Å². The van der Waals surface area contributed by atoms with Gasteiger partial charge in [-0.3, -0.25) is 11.3 Å². The molecule has 2 aliphatic rings. The van der Waals surface area contributed by atoms with Crippen molar-refractivity contribution in [3.63, 3.8) is 0 Å². The molecule has 2 fully saturated rings. The number of hydrogen-bond donors (Lipinski definition) is 2. The first kappa shape index (κ1) is 15.2. The number of ether oxygens (including phenoxy) is 2. The van der Waals surface area contributed by atoms with E-state index in [1.165, 1.54) is 12.8 Å². The average Bonchev–Trinajstić information content (AvgIpc) is 2.88. The van der Waals surface area contributed by atoms with E-state index < -0.39 is 0 Å². The van der Waals surface area contributed by atoms with Crippen LogP contribution in [0, 0.1) is 11.3 Å². The summed E-state index contributed by atoms with van der Waals surface area (Å²) in [5.74, 6) is 6.36. The van der Waals surface area contributed by atoms with Gasteiger partial charge >= 0.3 is 0 Å². The molecule has 0 amide bonds. The lowest BCUT2D eigenvalue weighted by Crippen LogP contribution is -2.60. The molecule has 1 aliphatic carbocycles. The summed E-state index contributed by atoms with van der Waals surface area (Å²) < 4.78 is 11.8. The van der Waals surface area contributed by atoms with Crippen molar-refractivity contribution < 1.29 is 9.47 Å². The molecule has 1 saturated heterocycles. The molecule has 112 valence electrons. The summed E-state index contributed by atoms with van der Waals surface area (Å²) in [6.07, 6.45) is 5.70. The number of nitrogens with two attached hydrogens (primary N) is 1. The molecule has 19 heavy (non-hydrogen) atoms. The van der Waals surface area contributed by atoms with Crippen LogP contribution in [0.25, 0.3) is 0 Å². The summed E-state index contributed by atoms with van der Waals surface area (Å²) in [7, 11) is 0. The molecule has 0 bridgehead atoms. The van der Waals surface area contributed by atoms with Gasteiger partial charge in [-0.25, -0.2) is 0 Å². The zero-order chi connectivity index (χ0) is 13.9. The minimum Gasteiger partial charge on any atom is -0.381 e. The fraction of sp³-hybridized carbons (Fsp3) is 1.00. The van der Waals surface area contributed by atoms with E-state index in [-0.39, 0.29) is 11.6 Å². The zero-order valence-corrected chi connectivity index (χ0v) is 12.7. The second-order valence-electron chi connectivity index (χ2n) is 6.93. The maximum atomic E-state index is 6.23. The Morgan fingerprint density at radius 2 is 2.00 bits per heavy atom. The third-order valence-corrected chi connectivity index (χ3v) is 5.06. The standard InChI is InChI=1S/C15H30N2O2/c1-4-19-15(8-6-14(2,3)7-9-15)13(17-16)12-5-10-18-11-12/h12-13,17H,4-11,16H2,1-3H3. The van der Waals surface area contributed by atoms with Crippen molar-refractivity contribution in [1.82, 2.24) is 5.43 Å².